The van der Waals surface area contributed by atoms with E-state index in [9.17, 15) is 4.79 Å². The van der Waals surface area contributed by atoms with E-state index in [1.807, 2.05) is 12.1 Å². The first-order valence-electron chi connectivity index (χ1n) is 10.6. The molecular formula is C21H35N5O. The molecule has 2 saturated heterocycles. The molecule has 0 aromatic carbocycles. The Kier molecular flexibility index (Phi) is 7.47. The van der Waals surface area contributed by atoms with Gasteiger partial charge in [-0.25, -0.2) is 4.98 Å². The minimum atomic E-state index is 0.321. The first-order chi connectivity index (χ1) is 13.1. The fraction of sp³-hybridized carbons (Fsp3) is 0.714. The highest BCUT2D eigenvalue weighted by Crippen LogP contribution is 2.17. The van der Waals surface area contributed by atoms with E-state index in [-0.39, 0.29) is 0 Å². The first kappa shape index (κ1) is 20.1. The highest BCUT2D eigenvalue weighted by Gasteiger charge is 2.22. The third kappa shape index (κ3) is 5.91. The minimum Gasteiger partial charge on any atom is -0.383 e. The van der Waals surface area contributed by atoms with Gasteiger partial charge < -0.3 is 15.5 Å². The number of likely N-dealkylation sites (tertiary alicyclic amines) is 1. The largest absolute Gasteiger partial charge is 0.383 e. The normalized spacial score (nSPS) is 21.0. The third-order valence-electron chi connectivity index (χ3n) is 6.05. The highest BCUT2D eigenvalue weighted by atomic mass is 16.2. The van der Waals surface area contributed by atoms with Crippen LogP contribution in [0.3, 0.4) is 0 Å². The first-order valence-corrected chi connectivity index (χ1v) is 10.6. The number of rotatable bonds is 6. The van der Waals surface area contributed by atoms with Gasteiger partial charge in [0, 0.05) is 56.9 Å². The van der Waals surface area contributed by atoms with E-state index in [1.54, 1.807) is 6.20 Å². The number of nitrogens with two attached hydrogens (primary N) is 1. The number of carbonyl (C=O) groups excluding carboxylic acids is 1. The van der Waals surface area contributed by atoms with Gasteiger partial charge in [-0.15, -0.1) is 0 Å². The summed E-state index contributed by atoms with van der Waals surface area (Å²) in [5.41, 5.74) is 7.05. The lowest BCUT2D eigenvalue weighted by atomic mass is 10.1. The third-order valence-corrected chi connectivity index (χ3v) is 6.05. The molecule has 3 heterocycles. The molecule has 6 heteroatoms. The van der Waals surface area contributed by atoms with Crippen LogP contribution in [0, 0.1) is 0 Å². The molecule has 2 aliphatic heterocycles. The number of piperidine rings is 1. The van der Waals surface area contributed by atoms with Crippen LogP contribution < -0.4 is 5.73 Å². The van der Waals surface area contributed by atoms with Crippen molar-refractivity contribution in [2.45, 2.75) is 58.0 Å². The van der Waals surface area contributed by atoms with E-state index in [4.69, 9.17) is 5.73 Å². The molecule has 2 aliphatic rings. The molecule has 0 aliphatic carbocycles. The SMILES string of the molecule is CC(CCC(=O)N1CCCN(Cc2cccnc2N)CC1)N1CCCCC1. The lowest BCUT2D eigenvalue weighted by molar-refractivity contribution is -0.131. The Morgan fingerprint density at radius 3 is 2.70 bits per heavy atom. The molecule has 1 atom stereocenters. The number of nitrogen functional groups attached to an aromatic ring is 1. The van der Waals surface area contributed by atoms with Gasteiger partial charge in [0.05, 0.1) is 0 Å². The molecule has 1 aromatic heterocycles. The molecule has 1 amide bonds. The molecule has 0 bridgehead atoms. The van der Waals surface area contributed by atoms with Gasteiger partial charge in [0.15, 0.2) is 0 Å². The summed E-state index contributed by atoms with van der Waals surface area (Å²) >= 11 is 0. The Bertz CT molecular complexity index is 602. The minimum absolute atomic E-state index is 0.321. The summed E-state index contributed by atoms with van der Waals surface area (Å²) in [5, 5.41) is 0. The number of hydrogen-bond acceptors (Lipinski definition) is 5. The van der Waals surface area contributed by atoms with E-state index in [2.05, 4.69) is 26.6 Å². The maximum Gasteiger partial charge on any atom is 0.222 e. The Morgan fingerprint density at radius 1 is 1.11 bits per heavy atom. The summed E-state index contributed by atoms with van der Waals surface area (Å²) in [7, 11) is 0. The zero-order valence-electron chi connectivity index (χ0n) is 16.8. The Labute approximate surface area is 163 Å². The molecule has 0 radical (unpaired) electrons. The molecule has 27 heavy (non-hydrogen) atoms. The number of amides is 1. The van der Waals surface area contributed by atoms with E-state index in [0.717, 1.165) is 51.1 Å². The van der Waals surface area contributed by atoms with Gasteiger partial charge in [-0.2, -0.15) is 0 Å². The number of carbonyl (C=O) groups is 1. The number of anilines is 1. The second-order valence-corrected chi connectivity index (χ2v) is 8.04. The van der Waals surface area contributed by atoms with Crippen LogP contribution >= 0.6 is 0 Å². The van der Waals surface area contributed by atoms with Gasteiger partial charge in [-0.05, 0) is 51.8 Å². The highest BCUT2D eigenvalue weighted by molar-refractivity contribution is 5.76. The quantitative estimate of drug-likeness (QED) is 0.829. The Morgan fingerprint density at radius 2 is 1.93 bits per heavy atom. The van der Waals surface area contributed by atoms with Crippen LogP contribution in [-0.4, -0.2) is 70.9 Å². The van der Waals surface area contributed by atoms with Crippen LogP contribution in [0.5, 0.6) is 0 Å². The zero-order valence-corrected chi connectivity index (χ0v) is 16.8. The Hall–Kier alpha value is -1.66. The molecule has 0 saturated carbocycles. The average Bonchev–Trinajstić information content (AvgIpc) is 2.94. The smallest absolute Gasteiger partial charge is 0.222 e. The standard InChI is InChI=1S/C21H35N5O/c1-18(25-12-3-2-4-13-25)8-9-20(27)26-14-6-11-24(15-16-26)17-19-7-5-10-23-21(19)22/h5,7,10,18H,2-4,6,8-9,11-17H2,1H3,(H2,22,23). The van der Waals surface area contributed by atoms with Crippen LogP contribution in [0.4, 0.5) is 5.82 Å². The van der Waals surface area contributed by atoms with Crippen molar-refractivity contribution in [3.63, 3.8) is 0 Å². The lowest BCUT2D eigenvalue weighted by Crippen LogP contribution is -2.39. The van der Waals surface area contributed by atoms with Crippen molar-refractivity contribution in [3.8, 4) is 0 Å². The molecule has 2 N–H and O–H groups in total. The number of hydrogen-bond donors (Lipinski definition) is 1. The summed E-state index contributed by atoms with van der Waals surface area (Å²) in [6.45, 7) is 9.09. The van der Waals surface area contributed by atoms with E-state index in [1.165, 1.54) is 32.4 Å². The van der Waals surface area contributed by atoms with Gasteiger partial charge in [0.1, 0.15) is 5.82 Å². The second-order valence-electron chi connectivity index (χ2n) is 8.04. The molecule has 6 nitrogen and oxygen atoms in total. The number of nitrogens with zero attached hydrogens (tertiary/aromatic N) is 4. The summed E-state index contributed by atoms with van der Waals surface area (Å²) in [6, 6.07) is 4.49. The summed E-state index contributed by atoms with van der Waals surface area (Å²) < 4.78 is 0. The Balaban J connectivity index is 1.43. The molecule has 1 aromatic rings. The molecule has 2 fully saturated rings. The summed E-state index contributed by atoms with van der Waals surface area (Å²) in [6.07, 6.45) is 8.37. The van der Waals surface area contributed by atoms with Crippen LogP contribution in [0.1, 0.15) is 51.0 Å². The maximum absolute atomic E-state index is 12.7. The molecule has 1 unspecified atom stereocenters. The van der Waals surface area contributed by atoms with Gasteiger partial charge in [0.2, 0.25) is 5.91 Å². The predicted molar refractivity (Wildman–Crippen MR) is 109 cm³/mol. The average molecular weight is 374 g/mol. The van der Waals surface area contributed by atoms with Crippen LogP contribution in [0.15, 0.2) is 18.3 Å². The van der Waals surface area contributed by atoms with Crippen molar-refractivity contribution < 1.29 is 4.79 Å². The topological polar surface area (TPSA) is 65.7 Å². The molecule has 3 rings (SSSR count). The van der Waals surface area contributed by atoms with E-state index >= 15 is 0 Å². The van der Waals surface area contributed by atoms with Crippen LogP contribution in [-0.2, 0) is 11.3 Å². The van der Waals surface area contributed by atoms with Gasteiger partial charge in [0.25, 0.3) is 0 Å². The van der Waals surface area contributed by atoms with Gasteiger partial charge in [-0.3, -0.25) is 9.69 Å². The van der Waals surface area contributed by atoms with Crippen molar-refractivity contribution in [1.82, 2.24) is 19.7 Å². The fourth-order valence-corrected chi connectivity index (χ4v) is 4.24. The predicted octanol–water partition coefficient (Wildman–Crippen LogP) is 2.35. The van der Waals surface area contributed by atoms with Crippen molar-refractivity contribution in [2.75, 3.05) is 45.0 Å². The van der Waals surface area contributed by atoms with Crippen molar-refractivity contribution in [3.05, 3.63) is 23.9 Å². The van der Waals surface area contributed by atoms with Gasteiger partial charge >= 0.3 is 0 Å². The monoisotopic (exact) mass is 373 g/mol. The molecular weight excluding hydrogens is 338 g/mol. The molecule has 150 valence electrons. The summed E-state index contributed by atoms with van der Waals surface area (Å²) in [4.78, 5) is 23.9. The van der Waals surface area contributed by atoms with Crippen molar-refractivity contribution in [1.29, 1.82) is 0 Å². The van der Waals surface area contributed by atoms with Gasteiger partial charge in [-0.1, -0.05) is 12.5 Å². The maximum atomic E-state index is 12.7. The lowest BCUT2D eigenvalue weighted by Gasteiger charge is -2.32. The fourth-order valence-electron chi connectivity index (χ4n) is 4.24. The number of aromatic nitrogens is 1. The van der Waals surface area contributed by atoms with Crippen molar-refractivity contribution >= 4 is 11.7 Å². The summed E-state index contributed by atoms with van der Waals surface area (Å²) in [5.74, 6) is 0.933. The zero-order chi connectivity index (χ0) is 19.1. The van der Waals surface area contributed by atoms with Crippen molar-refractivity contribution in [2.24, 2.45) is 0 Å². The molecule has 0 spiro atoms. The van der Waals surface area contributed by atoms with Crippen LogP contribution in [0.25, 0.3) is 0 Å². The van der Waals surface area contributed by atoms with E-state index in [0.29, 0.717) is 24.2 Å². The second kappa shape index (κ2) is 10.0. The number of pyridine rings is 1. The van der Waals surface area contributed by atoms with Crippen LogP contribution in [0.2, 0.25) is 0 Å². The van der Waals surface area contributed by atoms with E-state index < -0.39 is 0 Å².